The van der Waals surface area contributed by atoms with Crippen molar-refractivity contribution >= 4 is 51.1 Å². The fourth-order valence-corrected chi connectivity index (χ4v) is 9.39. The number of alkyl halides is 1. The molecule has 0 aromatic heterocycles. The molecule has 1 spiro atoms. The highest BCUT2D eigenvalue weighted by Crippen LogP contribution is 2.67. The summed E-state index contributed by atoms with van der Waals surface area (Å²) in [7, 11) is 0. The zero-order valence-corrected chi connectivity index (χ0v) is 21.9. The lowest BCUT2D eigenvalue weighted by atomic mass is 9.70. The normalized spacial score (nSPS) is 31.6. The van der Waals surface area contributed by atoms with E-state index in [1.807, 2.05) is 30.3 Å². The van der Waals surface area contributed by atoms with E-state index in [1.54, 1.807) is 16.7 Å². The lowest BCUT2D eigenvalue weighted by Crippen LogP contribution is -2.54. The highest BCUT2D eigenvalue weighted by molar-refractivity contribution is 9.09. The predicted molar refractivity (Wildman–Crippen MR) is 138 cm³/mol. The van der Waals surface area contributed by atoms with E-state index >= 15 is 0 Å². The highest BCUT2D eigenvalue weighted by atomic mass is 79.9. The molecule has 4 rings (SSSR count). The van der Waals surface area contributed by atoms with E-state index in [-0.39, 0.29) is 34.4 Å². The first kappa shape index (κ1) is 25.5. The molecule has 3 aliphatic heterocycles. The van der Waals surface area contributed by atoms with Gasteiger partial charge in [-0.05, 0) is 44.2 Å². The molecule has 3 unspecified atom stereocenters. The lowest BCUT2D eigenvalue weighted by Gasteiger charge is -2.35. The van der Waals surface area contributed by atoms with Crippen LogP contribution in [0.1, 0.15) is 45.4 Å². The number of hydrogen-bond donors (Lipinski definition) is 3. The van der Waals surface area contributed by atoms with E-state index in [1.165, 1.54) is 0 Å². The third-order valence-corrected chi connectivity index (χ3v) is 10.5. The number of fused-ring (bicyclic) bond motifs is 1. The smallest absolute Gasteiger partial charge is 0.244 e. The number of benzene rings is 1. The molecule has 34 heavy (non-hydrogen) atoms. The second-order valence-electron chi connectivity index (χ2n) is 9.48. The number of likely N-dealkylation sites (tertiary alicyclic amines) is 1. The van der Waals surface area contributed by atoms with Crippen LogP contribution in [0.15, 0.2) is 30.3 Å². The number of hydrogen-bond acceptors (Lipinski definition) is 5. The summed E-state index contributed by atoms with van der Waals surface area (Å²) in [6.07, 6.45) is 4.74. The fraction of sp³-hybridized carbons (Fsp3) is 0.640. The van der Waals surface area contributed by atoms with Crippen LogP contribution in [-0.4, -0.2) is 68.3 Å². The van der Waals surface area contributed by atoms with Gasteiger partial charge in [0.2, 0.25) is 17.7 Å². The third-order valence-electron chi connectivity index (χ3n) is 7.27. The molecular weight excluding hydrogens is 518 g/mol. The van der Waals surface area contributed by atoms with E-state index < -0.39 is 22.6 Å². The molecule has 186 valence electrons. The molecule has 3 fully saturated rings. The number of anilines is 1. The highest BCUT2D eigenvalue weighted by Gasteiger charge is 2.75. The van der Waals surface area contributed by atoms with Gasteiger partial charge in [-0.15, -0.1) is 11.8 Å². The Bertz CT molecular complexity index is 903. The summed E-state index contributed by atoms with van der Waals surface area (Å²) in [5.41, 5.74) is 0.709. The number of carbonyl (C=O) groups excluding carboxylic acids is 3. The Morgan fingerprint density at radius 1 is 1.18 bits per heavy atom. The van der Waals surface area contributed by atoms with Crippen molar-refractivity contribution in [3.8, 4) is 0 Å². The zero-order valence-electron chi connectivity index (χ0n) is 19.5. The van der Waals surface area contributed by atoms with Crippen LogP contribution in [0.4, 0.5) is 5.69 Å². The second kappa shape index (κ2) is 11.0. The molecule has 0 saturated carbocycles. The predicted octanol–water partition coefficient (Wildman–Crippen LogP) is 3.17. The number of para-hydroxylation sites is 1. The summed E-state index contributed by atoms with van der Waals surface area (Å²) in [6, 6.07) is 8.72. The Labute approximate surface area is 213 Å². The van der Waals surface area contributed by atoms with Gasteiger partial charge in [0, 0.05) is 35.5 Å². The molecule has 9 heteroatoms. The maximum absolute atomic E-state index is 13.8. The van der Waals surface area contributed by atoms with Crippen molar-refractivity contribution in [1.29, 1.82) is 0 Å². The van der Waals surface area contributed by atoms with Gasteiger partial charge in [0.1, 0.15) is 6.04 Å². The van der Waals surface area contributed by atoms with Crippen molar-refractivity contribution in [1.82, 2.24) is 10.2 Å². The van der Waals surface area contributed by atoms with E-state index in [2.05, 4.69) is 33.5 Å². The Morgan fingerprint density at radius 2 is 1.94 bits per heavy atom. The maximum Gasteiger partial charge on any atom is 0.244 e. The van der Waals surface area contributed by atoms with Gasteiger partial charge in [-0.2, -0.15) is 0 Å². The van der Waals surface area contributed by atoms with Crippen molar-refractivity contribution in [2.45, 2.75) is 66.3 Å². The van der Waals surface area contributed by atoms with Gasteiger partial charge in [-0.25, -0.2) is 0 Å². The molecule has 3 N–H and O–H groups in total. The van der Waals surface area contributed by atoms with E-state index in [0.29, 0.717) is 31.6 Å². The van der Waals surface area contributed by atoms with Crippen LogP contribution in [0, 0.1) is 11.8 Å². The molecule has 3 saturated heterocycles. The van der Waals surface area contributed by atoms with Gasteiger partial charge in [0.25, 0.3) is 0 Å². The van der Waals surface area contributed by atoms with Gasteiger partial charge >= 0.3 is 0 Å². The molecular formula is C25H34BrN3O4S. The van der Waals surface area contributed by atoms with Gasteiger partial charge in [-0.1, -0.05) is 47.5 Å². The molecule has 3 heterocycles. The minimum absolute atomic E-state index is 0.0554. The van der Waals surface area contributed by atoms with Crippen LogP contribution in [0.2, 0.25) is 0 Å². The SMILES string of the molecule is CCCCNC(=O)C1N(CCCCCO)C(=O)[C@@H]2[C@H](C(=O)Nc3ccccc3)[C@H]3SC12CC3Br. The maximum atomic E-state index is 13.8. The molecule has 1 aromatic carbocycles. The minimum atomic E-state index is -0.609. The third kappa shape index (κ3) is 4.63. The minimum Gasteiger partial charge on any atom is -0.396 e. The standard InChI is InChI=1S/C25H34BrN3O4S/c1-2-3-12-27-23(32)21-25-15-17(26)20(34-25)18(22(31)28-16-10-6-4-7-11-16)19(25)24(33)29(21)13-8-5-9-14-30/h4,6-7,10-11,17-21,30H,2-3,5,8-9,12-15H2,1H3,(H,27,32)(H,28,31)/t17?,18-,19-,20-,21?,25?/m0/s1. The molecule has 0 aliphatic carbocycles. The number of amides is 3. The van der Waals surface area contributed by atoms with E-state index in [4.69, 9.17) is 5.11 Å². The molecule has 3 aliphatic rings. The van der Waals surface area contributed by atoms with Gasteiger partial charge in [0.05, 0.1) is 16.6 Å². The van der Waals surface area contributed by atoms with Gasteiger partial charge in [-0.3, -0.25) is 14.4 Å². The monoisotopic (exact) mass is 551 g/mol. The van der Waals surface area contributed by atoms with Crippen LogP contribution in [0.3, 0.4) is 0 Å². The Balaban J connectivity index is 1.62. The number of nitrogens with one attached hydrogen (secondary N) is 2. The number of nitrogens with zero attached hydrogens (tertiary/aromatic N) is 1. The van der Waals surface area contributed by atoms with Gasteiger partial charge in [0.15, 0.2) is 0 Å². The summed E-state index contributed by atoms with van der Waals surface area (Å²) in [5, 5.41) is 15.2. The lowest BCUT2D eigenvalue weighted by molar-refractivity contribution is -0.139. The van der Waals surface area contributed by atoms with Crippen LogP contribution in [-0.2, 0) is 14.4 Å². The summed E-state index contributed by atoms with van der Waals surface area (Å²) >= 11 is 5.44. The Hall–Kier alpha value is -1.58. The van der Waals surface area contributed by atoms with Crippen LogP contribution in [0.5, 0.6) is 0 Å². The first-order valence-corrected chi connectivity index (χ1v) is 14.1. The number of carbonyl (C=O) groups is 3. The summed E-state index contributed by atoms with van der Waals surface area (Å²) in [4.78, 5) is 42.6. The number of unbranched alkanes of at least 4 members (excludes halogenated alkanes) is 3. The molecule has 7 nitrogen and oxygen atoms in total. The van der Waals surface area contributed by atoms with Crippen LogP contribution < -0.4 is 10.6 Å². The molecule has 1 aromatic rings. The van der Waals surface area contributed by atoms with Gasteiger partial charge < -0.3 is 20.6 Å². The zero-order chi connectivity index (χ0) is 24.3. The largest absolute Gasteiger partial charge is 0.396 e. The topological polar surface area (TPSA) is 98.7 Å². The number of thioether (sulfide) groups is 1. The first-order chi connectivity index (χ1) is 16.4. The van der Waals surface area contributed by atoms with Crippen molar-refractivity contribution in [3.63, 3.8) is 0 Å². The average molecular weight is 553 g/mol. The fourth-order valence-electron chi connectivity index (χ4n) is 5.77. The number of rotatable bonds is 11. The van der Waals surface area contributed by atoms with Crippen LogP contribution in [0.25, 0.3) is 0 Å². The first-order valence-electron chi connectivity index (χ1n) is 12.3. The summed E-state index contributed by atoms with van der Waals surface area (Å²) in [6.45, 7) is 3.25. The number of halogens is 1. The molecule has 3 amide bonds. The van der Waals surface area contributed by atoms with Crippen molar-refractivity contribution in [3.05, 3.63) is 30.3 Å². The molecule has 0 radical (unpaired) electrons. The van der Waals surface area contributed by atoms with Crippen molar-refractivity contribution in [2.24, 2.45) is 11.8 Å². The quantitative estimate of drug-likeness (QED) is 0.290. The Morgan fingerprint density at radius 3 is 2.65 bits per heavy atom. The van der Waals surface area contributed by atoms with E-state index in [0.717, 1.165) is 25.7 Å². The van der Waals surface area contributed by atoms with E-state index in [9.17, 15) is 14.4 Å². The number of aliphatic hydroxyl groups is 1. The molecule has 6 atom stereocenters. The van der Waals surface area contributed by atoms with Crippen molar-refractivity contribution in [2.75, 3.05) is 25.0 Å². The van der Waals surface area contributed by atoms with Crippen LogP contribution >= 0.6 is 27.7 Å². The molecule has 2 bridgehead atoms. The average Bonchev–Trinajstić information content (AvgIpc) is 3.41. The Kier molecular flexibility index (Phi) is 8.25. The summed E-state index contributed by atoms with van der Waals surface area (Å²) in [5.74, 6) is -1.35. The number of aliphatic hydroxyl groups excluding tert-OH is 1. The summed E-state index contributed by atoms with van der Waals surface area (Å²) < 4.78 is -0.609. The van der Waals surface area contributed by atoms with Crippen molar-refractivity contribution < 1.29 is 19.5 Å². The second-order valence-corrected chi connectivity index (χ2v) is 12.2.